The van der Waals surface area contributed by atoms with Gasteiger partial charge in [0, 0.05) is 19.6 Å². The van der Waals surface area contributed by atoms with Gasteiger partial charge in [0.15, 0.2) is 0 Å². The monoisotopic (exact) mass is 294 g/mol. The van der Waals surface area contributed by atoms with Gasteiger partial charge in [-0.15, -0.1) is 0 Å². The van der Waals surface area contributed by atoms with Crippen LogP contribution in [0.2, 0.25) is 0 Å². The van der Waals surface area contributed by atoms with E-state index in [1.807, 2.05) is 6.20 Å². The molecule has 0 unspecified atom stereocenters. The quantitative estimate of drug-likeness (QED) is 0.796. The molecular weight excluding hydrogens is 279 g/mol. The molecule has 1 rings (SSSR count). The first-order valence-corrected chi connectivity index (χ1v) is 5.45. The smallest absolute Gasteiger partial charge is 0.0626 e. The molecular formula is C9H15IN2O. The maximum atomic E-state index is 5.06. The van der Waals surface area contributed by atoms with Crippen LogP contribution >= 0.6 is 22.6 Å². The van der Waals surface area contributed by atoms with E-state index >= 15 is 0 Å². The molecule has 0 fully saturated rings. The summed E-state index contributed by atoms with van der Waals surface area (Å²) in [4.78, 5) is 0. The molecule has 0 aliphatic heterocycles. The molecule has 74 valence electrons. The van der Waals surface area contributed by atoms with E-state index < -0.39 is 0 Å². The van der Waals surface area contributed by atoms with Gasteiger partial charge in [-0.3, -0.25) is 4.68 Å². The molecule has 0 aliphatic rings. The molecule has 0 spiro atoms. The first kappa shape index (κ1) is 11.0. The lowest BCUT2D eigenvalue weighted by Gasteiger charge is -2.10. The molecule has 0 aliphatic carbocycles. The highest BCUT2D eigenvalue weighted by Crippen LogP contribution is 2.16. The SMILES string of the molecule is COCCc1c(I)cnn1C(C)C. The van der Waals surface area contributed by atoms with E-state index in [2.05, 4.69) is 46.2 Å². The fraction of sp³-hybridized carbons (Fsp3) is 0.667. The standard InChI is InChI=1S/C9H15IN2O/c1-7(2)12-9(4-5-13-3)8(10)6-11-12/h6-7H,4-5H2,1-3H3. The van der Waals surface area contributed by atoms with Crippen molar-refractivity contribution in [2.75, 3.05) is 13.7 Å². The molecule has 0 atom stereocenters. The maximum absolute atomic E-state index is 5.06. The van der Waals surface area contributed by atoms with Crippen LogP contribution in [-0.2, 0) is 11.2 Å². The van der Waals surface area contributed by atoms with Gasteiger partial charge in [-0.1, -0.05) is 0 Å². The van der Waals surface area contributed by atoms with Crippen LogP contribution in [0.1, 0.15) is 25.6 Å². The fourth-order valence-electron chi connectivity index (χ4n) is 1.24. The Morgan fingerprint density at radius 3 is 2.85 bits per heavy atom. The van der Waals surface area contributed by atoms with Gasteiger partial charge in [-0.05, 0) is 36.4 Å². The first-order valence-electron chi connectivity index (χ1n) is 4.37. The predicted octanol–water partition coefficient (Wildman–Crippen LogP) is 2.26. The van der Waals surface area contributed by atoms with Crippen LogP contribution in [0, 0.1) is 3.57 Å². The summed E-state index contributed by atoms with van der Waals surface area (Å²) in [5.74, 6) is 0. The van der Waals surface area contributed by atoms with Gasteiger partial charge in [0.1, 0.15) is 0 Å². The third kappa shape index (κ3) is 2.67. The average Bonchev–Trinajstić information content (AvgIpc) is 2.43. The van der Waals surface area contributed by atoms with E-state index in [0.29, 0.717) is 6.04 Å². The van der Waals surface area contributed by atoms with Crippen molar-refractivity contribution in [2.24, 2.45) is 0 Å². The third-order valence-electron chi connectivity index (χ3n) is 1.88. The lowest BCUT2D eigenvalue weighted by molar-refractivity contribution is 0.199. The van der Waals surface area contributed by atoms with E-state index in [0.717, 1.165) is 13.0 Å². The van der Waals surface area contributed by atoms with Crippen LogP contribution < -0.4 is 0 Å². The van der Waals surface area contributed by atoms with E-state index in [9.17, 15) is 0 Å². The highest BCUT2D eigenvalue weighted by molar-refractivity contribution is 14.1. The highest BCUT2D eigenvalue weighted by Gasteiger charge is 2.10. The lowest BCUT2D eigenvalue weighted by Crippen LogP contribution is -2.10. The number of methoxy groups -OCH3 is 1. The third-order valence-corrected chi connectivity index (χ3v) is 2.78. The van der Waals surface area contributed by atoms with Crippen molar-refractivity contribution in [3.63, 3.8) is 0 Å². The second kappa shape index (κ2) is 4.95. The summed E-state index contributed by atoms with van der Waals surface area (Å²) in [5.41, 5.74) is 1.28. The number of rotatable bonds is 4. The van der Waals surface area contributed by atoms with Crippen LogP contribution in [0.5, 0.6) is 0 Å². The van der Waals surface area contributed by atoms with Crippen LogP contribution in [-0.4, -0.2) is 23.5 Å². The zero-order valence-corrected chi connectivity index (χ0v) is 10.4. The summed E-state index contributed by atoms with van der Waals surface area (Å²) in [6.07, 6.45) is 2.85. The van der Waals surface area contributed by atoms with Gasteiger partial charge in [-0.25, -0.2) is 0 Å². The maximum Gasteiger partial charge on any atom is 0.0626 e. The summed E-state index contributed by atoms with van der Waals surface area (Å²) in [6, 6.07) is 0.426. The number of ether oxygens (including phenoxy) is 1. The molecule has 0 saturated heterocycles. The van der Waals surface area contributed by atoms with Gasteiger partial charge in [0.05, 0.1) is 22.1 Å². The Labute approximate surface area is 92.6 Å². The number of halogens is 1. The number of hydrogen-bond donors (Lipinski definition) is 0. The van der Waals surface area contributed by atoms with Crippen molar-refractivity contribution < 1.29 is 4.74 Å². The van der Waals surface area contributed by atoms with Crippen molar-refractivity contribution in [1.82, 2.24) is 9.78 Å². The zero-order valence-electron chi connectivity index (χ0n) is 8.25. The Balaban J connectivity index is 2.82. The first-order chi connectivity index (χ1) is 6.16. The van der Waals surface area contributed by atoms with E-state index in [1.165, 1.54) is 9.26 Å². The number of aromatic nitrogens is 2. The molecule has 4 heteroatoms. The van der Waals surface area contributed by atoms with E-state index in [4.69, 9.17) is 4.74 Å². The highest BCUT2D eigenvalue weighted by atomic mass is 127. The number of hydrogen-bond acceptors (Lipinski definition) is 2. The topological polar surface area (TPSA) is 27.1 Å². The fourth-order valence-corrected chi connectivity index (χ4v) is 1.89. The molecule has 1 heterocycles. The Hall–Kier alpha value is -0.100. The Morgan fingerprint density at radius 2 is 2.31 bits per heavy atom. The summed E-state index contributed by atoms with van der Waals surface area (Å²) >= 11 is 2.32. The van der Waals surface area contributed by atoms with Crippen molar-refractivity contribution in [3.05, 3.63) is 15.5 Å². The summed E-state index contributed by atoms with van der Waals surface area (Å²) < 4.78 is 8.34. The second-order valence-corrected chi connectivity index (χ2v) is 4.38. The van der Waals surface area contributed by atoms with Gasteiger partial charge >= 0.3 is 0 Å². The normalized spacial score (nSPS) is 11.2. The molecule has 0 amide bonds. The zero-order chi connectivity index (χ0) is 9.84. The molecule has 0 saturated carbocycles. The molecule has 0 bridgehead atoms. The van der Waals surface area contributed by atoms with Crippen molar-refractivity contribution >= 4 is 22.6 Å². The molecule has 0 radical (unpaired) electrons. The summed E-state index contributed by atoms with van der Waals surface area (Å²) in [6.45, 7) is 5.03. The molecule has 1 aromatic heterocycles. The second-order valence-electron chi connectivity index (χ2n) is 3.22. The Morgan fingerprint density at radius 1 is 1.62 bits per heavy atom. The van der Waals surface area contributed by atoms with Crippen LogP contribution in [0.25, 0.3) is 0 Å². The van der Waals surface area contributed by atoms with E-state index in [1.54, 1.807) is 7.11 Å². The molecule has 1 aromatic rings. The minimum atomic E-state index is 0.426. The van der Waals surface area contributed by atoms with E-state index in [-0.39, 0.29) is 0 Å². The Bertz CT molecular complexity index is 271. The van der Waals surface area contributed by atoms with Gasteiger partial charge < -0.3 is 4.74 Å². The van der Waals surface area contributed by atoms with Crippen LogP contribution in [0.4, 0.5) is 0 Å². The van der Waals surface area contributed by atoms with Gasteiger partial charge in [0.2, 0.25) is 0 Å². The minimum Gasteiger partial charge on any atom is -0.384 e. The largest absolute Gasteiger partial charge is 0.384 e. The summed E-state index contributed by atoms with van der Waals surface area (Å²) in [5, 5.41) is 4.32. The lowest BCUT2D eigenvalue weighted by atomic mass is 10.3. The average molecular weight is 294 g/mol. The van der Waals surface area contributed by atoms with Gasteiger partial charge in [0.25, 0.3) is 0 Å². The van der Waals surface area contributed by atoms with Gasteiger partial charge in [-0.2, -0.15) is 5.10 Å². The molecule has 13 heavy (non-hydrogen) atoms. The molecule has 0 N–H and O–H groups in total. The molecule has 0 aromatic carbocycles. The van der Waals surface area contributed by atoms with Crippen molar-refractivity contribution in [3.8, 4) is 0 Å². The van der Waals surface area contributed by atoms with Crippen LogP contribution in [0.3, 0.4) is 0 Å². The Kier molecular flexibility index (Phi) is 4.18. The van der Waals surface area contributed by atoms with Crippen molar-refractivity contribution in [1.29, 1.82) is 0 Å². The predicted molar refractivity (Wildman–Crippen MR) is 60.9 cm³/mol. The minimum absolute atomic E-state index is 0.426. The van der Waals surface area contributed by atoms with Crippen molar-refractivity contribution in [2.45, 2.75) is 26.3 Å². The van der Waals surface area contributed by atoms with Crippen LogP contribution in [0.15, 0.2) is 6.20 Å². The number of nitrogens with zero attached hydrogens (tertiary/aromatic N) is 2. The molecule has 3 nitrogen and oxygen atoms in total. The summed E-state index contributed by atoms with van der Waals surface area (Å²) in [7, 11) is 1.73.